The van der Waals surface area contributed by atoms with E-state index in [-0.39, 0.29) is 0 Å². The van der Waals surface area contributed by atoms with Gasteiger partial charge in [-0.05, 0) is 18.8 Å². The molecule has 2 atom stereocenters. The van der Waals surface area contributed by atoms with Crippen molar-refractivity contribution < 1.29 is 0 Å². The summed E-state index contributed by atoms with van der Waals surface area (Å²) in [6.07, 6.45) is 8.23. The van der Waals surface area contributed by atoms with Crippen molar-refractivity contribution in [3.8, 4) is 0 Å². The third-order valence-corrected chi connectivity index (χ3v) is 4.07. The Morgan fingerprint density at radius 1 is 1.38 bits per heavy atom. The number of aromatic amines is 1. The van der Waals surface area contributed by atoms with Gasteiger partial charge in [-0.25, -0.2) is 4.98 Å². The van der Waals surface area contributed by atoms with E-state index in [1.54, 1.807) is 0 Å². The SMILES string of the molecule is NCC1Cc2[nH]cnc2C(C2CCCC2)N1. The summed E-state index contributed by atoms with van der Waals surface area (Å²) in [5.41, 5.74) is 8.34. The molecule has 1 saturated carbocycles. The van der Waals surface area contributed by atoms with Gasteiger partial charge in [0.2, 0.25) is 0 Å². The minimum Gasteiger partial charge on any atom is -0.348 e. The van der Waals surface area contributed by atoms with Gasteiger partial charge in [-0.15, -0.1) is 0 Å². The molecular formula is C12H20N4. The van der Waals surface area contributed by atoms with Crippen LogP contribution in [0.25, 0.3) is 0 Å². The Balaban J connectivity index is 1.87. The van der Waals surface area contributed by atoms with Crippen LogP contribution in [0.5, 0.6) is 0 Å². The molecule has 2 unspecified atom stereocenters. The number of nitrogens with zero attached hydrogens (tertiary/aromatic N) is 1. The van der Waals surface area contributed by atoms with Crippen LogP contribution in [0, 0.1) is 5.92 Å². The fraction of sp³-hybridized carbons (Fsp3) is 0.750. The minimum atomic E-state index is 0.415. The zero-order valence-corrected chi connectivity index (χ0v) is 9.58. The summed E-state index contributed by atoms with van der Waals surface area (Å²) < 4.78 is 0. The van der Waals surface area contributed by atoms with Crippen LogP contribution in [0.1, 0.15) is 43.1 Å². The van der Waals surface area contributed by atoms with Crippen molar-refractivity contribution in [2.24, 2.45) is 11.7 Å². The van der Waals surface area contributed by atoms with E-state index in [0.717, 1.165) is 12.3 Å². The first-order chi connectivity index (χ1) is 7.88. The first-order valence-electron chi connectivity index (χ1n) is 6.36. The maximum absolute atomic E-state index is 5.79. The lowest BCUT2D eigenvalue weighted by molar-refractivity contribution is 0.302. The minimum absolute atomic E-state index is 0.415. The largest absolute Gasteiger partial charge is 0.348 e. The summed E-state index contributed by atoms with van der Waals surface area (Å²) in [4.78, 5) is 7.76. The average molecular weight is 220 g/mol. The Morgan fingerprint density at radius 2 is 2.19 bits per heavy atom. The highest BCUT2D eigenvalue weighted by Crippen LogP contribution is 2.38. The van der Waals surface area contributed by atoms with Crippen molar-refractivity contribution in [1.82, 2.24) is 15.3 Å². The van der Waals surface area contributed by atoms with Crippen LogP contribution in [0.3, 0.4) is 0 Å². The maximum Gasteiger partial charge on any atom is 0.0925 e. The molecule has 16 heavy (non-hydrogen) atoms. The molecule has 4 nitrogen and oxygen atoms in total. The van der Waals surface area contributed by atoms with Crippen molar-refractivity contribution in [3.63, 3.8) is 0 Å². The quantitative estimate of drug-likeness (QED) is 0.699. The monoisotopic (exact) mass is 220 g/mol. The lowest BCUT2D eigenvalue weighted by Gasteiger charge is -2.33. The van der Waals surface area contributed by atoms with E-state index in [9.17, 15) is 0 Å². The molecule has 0 radical (unpaired) electrons. The van der Waals surface area contributed by atoms with Crippen molar-refractivity contribution in [1.29, 1.82) is 0 Å². The fourth-order valence-corrected chi connectivity index (χ4v) is 3.20. The molecule has 0 saturated heterocycles. The van der Waals surface area contributed by atoms with E-state index < -0.39 is 0 Å². The van der Waals surface area contributed by atoms with Gasteiger partial charge in [0.15, 0.2) is 0 Å². The van der Waals surface area contributed by atoms with E-state index in [4.69, 9.17) is 5.73 Å². The van der Waals surface area contributed by atoms with Crippen LogP contribution in [-0.2, 0) is 6.42 Å². The highest BCUT2D eigenvalue weighted by molar-refractivity contribution is 5.22. The summed E-state index contributed by atoms with van der Waals surface area (Å²) in [7, 11) is 0. The highest BCUT2D eigenvalue weighted by Gasteiger charge is 2.34. The van der Waals surface area contributed by atoms with E-state index in [2.05, 4.69) is 15.3 Å². The van der Waals surface area contributed by atoms with Gasteiger partial charge in [-0.1, -0.05) is 12.8 Å². The van der Waals surface area contributed by atoms with Gasteiger partial charge < -0.3 is 16.0 Å². The Morgan fingerprint density at radius 3 is 2.94 bits per heavy atom. The molecule has 0 amide bonds. The number of H-pyrrole nitrogens is 1. The average Bonchev–Trinajstić information content (AvgIpc) is 2.98. The molecule has 3 rings (SSSR count). The number of nitrogens with two attached hydrogens (primary N) is 1. The molecule has 0 aromatic carbocycles. The van der Waals surface area contributed by atoms with Gasteiger partial charge in [-0.2, -0.15) is 0 Å². The predicted molar refractivity (Wildman–Crippen MR) is 63.0 cm³/mol. The summed E-state index contributed by atoms with van der Waals surface area (Å²) in [5, 5.41) is 3.68. The predicted octanol–water partition coefficient (Wildman–Crippen LogP) is 1.11. The number of hydrogen-bond donors (Lipinski definition) is 3. The molecule has 1 aromatic rings. The zero-order valence-electron chi connectivity index (χ0n) is 9.58. The van der Waals surface area contributed by atoms with Crippen LogP contribution in [0.4, 0.5) is 0 Å². The van der Waals surface area contributed by atoms with Gasteiger partial charge in [-0.3, -0.25) is 0 Å². The third kappa shape index (κ3) is 1.66. The third-order valence-electron chi connectivity index (χ3n) is 4.07. The van der Waals surface area contributed by atoms with Gasteiger partial charge >= 0.3 is 0 Å². The molecule has 2 heterocycles. The van der Waals surface area contributed by atoms with Crippen LogP contribution < -0.4 is 11.1 Å². The van der Waals surface area contributed by atoms with E-state index in [1.165, 1.54) is 37.1 Å². The van der Waals surface area contributed by atoms with Crippen LogP contribution in [0.2, 0.25) is 0 Å². The lowest BCUT2D eigenvalue weighted by atomic mass is 9.89. The summed E-state index contributed by atoms with van der Waals surface area (Å²) >= 11 is 0. The zero-order chi connectivity index (χ0) is 11.0. The van der Waals surface area contributed by atoms with E-state index in [1.807, 2.05) is 6.33 Å². The van der Waals surface area contributed by atoms with Crippen LogP contribution in [-0.4, -0.2) is 22.6 Å². The number of aromatic nitrogens is 2. The van der Waals surface area contributed by atoms with Crippen molar-refractivity contribution in [2.75, 3.05) is 6.54 Å². The topological polar surface area (TPSA) is 66.7 Å². The van der Waals surface area contributed by atoms with Gasteiger partial charge in [0.25, 0.3) is 0 Å². The second-order valence-corrected chi connectivity index (χ2v) is 5.09. The van der Waals surface area contributed by atoms with Gasteiger partial charge in [0.1, 0.15) is 0 Å². The Labute approximate surface area is 96.0 Å². The first-order valence-corrected chi connectivity index (χ1v) is 6.36. The van der Waals surface area contributed by atoms with Gasteiger partial charge in [0, 0.05) is 24.7 Å². The van der Waals surface area contributed by atoms with Crippen molar-refractivity contribution >= 4 is 0 Å². The molecule has 1 aromatic heterocycles. The van der Waals surface area contributed by atoms with Crippen molar-refractivity contribution in [2.45, 2.75) is 44.2 Å². The standard InChI is InChI=1S/C12H20N4/c13-6-9-5-10-12(15-7-14-10)11(16-9)8-3-1-2-4-8/h7-9,11,16H,1-6,13H2,(H,14,15). The number of nitrogens with one attached hydrogen (secondary N) is 2. The van der Waals surface area contributed by atoms with Crippen LogP contribution in [0.15, 0.2) is 6.33 Å². The maximum atomic E-state index is 5.79. The smallest absolute Gasteiger partial charge is 0.0925 e. The molecular weight excluding hydrogens is 200 g/mol. The van der Waals surface area contributed by atoms with E-state index in [0.29, 0.717) is 18.6 Å². The summed E-state index contributed by atoms with van der Waals surface area (Å²) in [6.45, 7) is 0.710. The van der Waals surface area contributed by atoms with Crippen molar-refractivity contribution in [3.05, 3.63) is 17.7 Å². The number of imidazole rings is 1. The lowest BCUT2D eigenvalue weighted by Crippen LogP contribution is -2.46. The Hall–Kier alpha value is -0.870. The first kappa shape index (κ1) is 10.3. The molecule has 1 aliphatic carbocycles. The fourth-order valence-electron chi connectivity index (χ4n) is 3.20. The Bertz CT molecular complexity index is 354. The number of rotatable bonds is 2. The summed E-state index contributed by atoms with van der Waals surface area (Å²) in [6, 6.07) is 0.851. The molecule has 4 N–H and O–H groups in total. The molecule has 2 aliphatic rings. The molecule has 88 valence electrons. The molecule has 1 fully saturated rings. The Kier molecular flexibility index (Phi) is 2.69. The van der Waals surface area contributed by atoms with Gasteiger partial charge in [0.05, 0.1) is 18.1 Å². The highest BCUT2D eigenvalue weighted by atomic mass is 15.1. The second kappa shape index (κ2) is 4.18. The summed E-state index contributed by atoms with van der Waals surface area (Å²) in [5.74, 6) is 0.761. The number of fused-ring (bicyclic) bond motifs is 1. The molecule has 0 bridgehead atoms. The second-order valence-electron chi connectivity index (χ2n) is 5.09. The molecule has 0 spiro atoms. The van der Waals surface area contributed by atoms with E-state index >= 15 is 0 Å². The number of hydrogen-bond acceptors (Lipinski definition) is 3. The van der Waals surface area contributed by atoms with Crippen LogP contribution >= 0.6 is 0 Å². The normalized spacial score (nSPS) is 30.6. The molecule has 1 aliphatic heterocycles. The molecule has 4 heteroatoms.